The molecule has 0 saturated carbocycles. The number of nitrogens with zero attached hydrogens (tertiary/aromatic N) is 5. The fourth-order valence-electron chi connectivity index (χ4n) is 4.48. The summed E-state index contributed by atoms with van der Waals surface area (Å²) in [4.78, 5) is 21.8. The van der Waals surface area contributed by atoms with E-state index in [2.05, 4.69) is 15.0 Å². The van der Waals surface area contributed by atoms with Crippen LogP contribution in [0.1, 0.15) is 0 Å². The molecule has 10 nitrogen and oxygen atoms in total. The number of hydrogen-bond acceptors (Lipinski definition) is 8. The van der Waals surface area contributed by atoms with Crippen LogP contribution in [-0.2, 0) is 11.3 Å². The molecular weight excluding hydrogens is 462 g/mol. The highest BCUT2D eigenvalue weighted by molar-refractivity contribution is 5.77. The number of piperazine rings is 1. The van der Waals surface area contributed by atoms with Crippen LogP contribution in [0.2, 0.25) is 0 Å². The predicted octanol–water partition coefficient (Wildman–Crippen LogP) is 3.29. The third kappa shape index (κ3) is 4.21. The van der Waals surface area contributed by atoms with E-state index >= 15 is 0 Å². The molecule has 36 heavy (non-hydrogen) atoms. The second-order valence-corrected chi connectivity index (χ2v) is 8.58. The van der Waals surface area contributed by atoms with Crippen molar-refractivity contribution in [3.8, 4) is 40.2 Å². The molecule has 0 unspecified atom stereocenters. The number of hydrogen-bond donors (Lipinski definition) is 0. The average Bonchev–Trinajstić information content (AvgIpc) is 3.69. The first kappa shape index (κ1) is 22.0. The smallest absolute Gasteiger partial charge is 0.274 e. The molecule has 0 spiro atoms. The van der Waals surface area contributed by atoms with Crippen molar-refractivity contribution >= 4 is 11.6 Å². The third-order valence-corrected chi connectivity index (χ3v) is 6.48. The molecule has 0 aliphatic carbocycles. The Labute approximate surface area is 207 Å². The van der Waals surface area contributed by atoms with Gasteiger partial charge in [0.15, 0.2) is 11.5 Å². The molecule has 0 radical (unpaired) electrons. The Hall–Kier alpha value is -4.47. The van der Waals surface area contributed by atoms with E-state index in [4.69, 9.17) is 18.7 Å². The van der Waals surface area contributed by atoms with Gasteiger partial charge in [0.1, 0.15) is 18.0 Å². The van der Waals surface area contributed by atoms with Crippen LogP contribution in [-0.4, -0.2) is 65.6 Å². The summed E-state index contributed by atoms with van der Waals surface area (Å²) in [7, 11) is 1.66. The molecule has 1 saturated heterocycles. The zero-order valence-electron chi connectivity index (χ0n) is 19.8. The zero-order chi connectivity index (χ0) is 24.5. The number of aromatic nitrogens is 3. The van der Waals surface area contributed by atoms with Crippen LogP contribution < -0.4 is 19.1 Å². The van der Waals surface area contributed by atoms with Gasteiger partial charge >= 0.3 is 0 Å². The lowest BCUT2D eigenvalue weighted by Crippen LogP contribution is -2.49. The Morgan fingerprint density at radius 3 is 2.61 bits per heavy atom. The van der Waals surface area contributed by atoms with E-state index < -0.39 is 0 Å². The van der Waals surface area contributed by atoms with Gasteiger partial charge in [-0.1, -0.05) is 5.16 Å². The van der Waals surface area contributed by atoms with E-state index in [1.54, 1.807) is 7.11 Å². The molecule has 10 heteroatoms. The van der Waals surface area contributed by atoms with Crippen LogP contribution >= 0.6 is 0 Å². The summed E-state index contributed by atoms with van der Waals surface area (Å²) in [5.74, 6) is 3.03. The highest BCUT2D eigenvalue weighted by Crippen LogP contribution is 2.35. The fourth-order valence-corrected chi connectivity index (χ4v) is 4.48. The first-order valence-electron chi connectivity index (χ1n) is 11.7. The van der Waals surface area contributed by atoms with E-state index in [0.29, 0.717) is 42.0 Å². The summed E-state index contributed by atoms with van der Waals surface area (Å²) in [6.07, 6.45) is 1.85. The van der Waals surface area contributed by atoms with Crippen LogP contribution in [0.5, 0.6) is 17.2 Å². The lowest BCUT2D eigenvalue weighted by atomic mass is 10.2. The number of rotatable bonds is 6. The standard InChI is InChI=1S/C26H25N5O5/c1-33-20-7-5-19(6-8-20)29-11-13-30(14-12-29)24(32)16-31-10-2-3-21(31)26-27-25(28-36-26)18-4-9-22-23(15-18)35-17-34-22/h2-10,15H,11-14,16-17H2,1H3. The zero-order valence-corrected chi connectivity index (χ0v) is 19.8. The summed E-state index contributed by atoms with van der Waals surface area (Å²) in [5, 5.41) is 4.12. The van der Waals surface area contributed by atoms with Crippen LogP contribution in [0.3, 0.4) is 0 Å². The van der Waals surface area contributed by atoms with E-state index in [9.17, 15) is 4.79 Å². The lowest BCUT2D eigenvalue weighted by molar-refractivity contribution is -0.132. The van der Waals surface area contributed by atoms with Gasteiger partial charge in [-0.05, 0) is 54.6 Å². The Morgan fingerprint density at radius 2 is 1.81 bits per heavy atom. The number of carbonyl (C=O) groups excluding carboxylic acids is 1. The average molecular weight is 488 g/mol. The van der Waals surface area contributed by atoms with Crippen LogP contribution in [0, 0.1) is 0 Å². The maximum absolute atomic E-state index is 13.1. The highest BCUT2D eigenvalue weighted by Gasteiger charge is 2.23. The minimum atomic E-state index is 0.0531. The largest absolute Gasteiger partial charge is 0.497 e. The van der Waals surface area contributed by atoms with Gasteiger partial charge in [-0.15, -0.1) is 0 Å². The molecular formula is C26H25N5O5. The predicted molar refractivity (Wildman–Crippen MR) is 131 cm³/mol. The molecule has 2 aliphatic heterocycles. The summed E-state index contributed by atoms with van der Waals surface area (Å²) < 4.78 is 23.4. The second-order valence-electron chi connectivity index (χ2n) is 8.58. The number of fused-ring (bicyclic) bond motifs is 1. The van der Waals surface area contributed by atoms with Crippen LogP contribution in [0.15, 0.2) is 65.3 Å². The van der Waals surface area contributed by atoms with Crippen molar-refractivity contribution < 1.29 is 23.5 Å². The molecule has 2 aromatic heterocycles. The van der Waals surface area contributed by atoms with Crippen molar-refractivity contribution in [3.63, 3.8) is 0 Å². The van der Waals surface area contributed by atoms with E-state index in [1.165, 1.54) is 0 Å². The van der Waals surface area contributed by atoms with Gasteiger partial charge in [0, 0.05) is 43.6 Å². The number of ether oxygens (including phenoxy) is 3. The molecule has 2 aromatic carbocycles. The number of methoxy groups -OCH3 is 1. The van der Waals surface area contributed by atoms with E-state index in [0.717, 1.165) is 30.1 Å². The molecule has 1 fully saturated rings. The summed E-state index contributed by atoms with van der Waals surface area (Å²) in [6, 6.07) is 17.2. The van der Waals surface area contributed by atoms with Crippen molar-refractivity contribution in [2.75, 3.05) is 45.0 Å². The summed E-state index contributed by atoms with van der Waals surface area (Å²) in [5.41, 5.74) is 2.59. The van der Waals surface area contributed by atoms with Crippen molar-refractivity contribution in [2.24, 2.45) is 0 Å². The number of carbonyl (C=O) groups is 1. The first-order chi connectivity index (χ1) is 17.7. The molecule has 0 atom stereocenters. The molecule has 4 heterocycles. The molecule has 184 valence electrons. The van der Waals surface area contributed by atoms with Gasteiger partial charge in [-0.2, -0.15) is 4.98 Å². The Balaban J connectivity index is 1.10. The van der Waals surface area contributed by atoms with E-state index in [-0.39, 0.29) is 19.2 Å². The molecule has 0 N–H and O–H groups in total. The Morgan fingerprint density at radius 1 is 1.00 bits per heavy atom. The molecule has 4 aromatic rings. The maximum atomic E-state index is 13.1. The minimum Gasteiger partial charge on any atom is -0.497 e. The van der Waals surface area contributed by atoms with Crippen molar-refractivity contribution in [3.05, 3.63) is 60.8 Å². The first-order valence-corrected chi connectivity index (χ1v) is 11.7. The van der Waals surface area contributed by atoms with Crippen molar-refractivity contribution in [1.29, 1.82) is 0 Å². The fraction of sp³-hybridized carbons (Fsp3) is 0.269. The van der Waals surface area contributed by atoms with Gasteiger partial charge in [-0.3, -0.25) is 4.79 Å². The van der Waals surface area contributed by atoms with Gasteiger partial charge in [0.25, 0.3) is 5.89 Å². The third-order valence-electron chi connectivity index (χ3n) is 6.48. The summed E-state index contributed by atoms with van der Waals surface area (Å²) in [6.45, 7) is 3.28. The van der Waals surface area contributed by atoms with Gasteiger partial charge in [0.05, 0.1) is 7.11 Å². The van der Waals surface area contributed by atoms with Crippen molar-refractivity contribution in [1.82, 2.24) is 19.6 Å². The topological polar surface area (TPSA) is 95.1 Å². The Bertz CT molecular complexity index is 1370. The van der Waals surface area contributed by atoms with E-state index in [1.807, 2.05) is 70.3 Å². The van der Waals surface area contributed by atoms with Gasteiger partial charge in [0.2, 0.25) is 18.5 Å². The molecule has 2 aliphatic rings. The molecule has 0 bridgehead atoms. The SMILES string of the molecule is COc1ccc(N2CCN(C(=O)Cn3cccc3-c3nc(-c4ccc5c(c4)OCO5)no3)CC2)cc1. The molecule has 6 rings (SSSR count). The van der Waals surface area contributed by atoms with Crippen molar-refractivity contribution in [2.45, 2.75) is 6.54 Å². The van der Waals surface area contributed by atoms with Crippen LogP contribution in [0.25, 0.3) is 23.0 Å². The highest BCUT2D eigenvalue weighted by atomic mass is 16.7. The summed E-state index contributed by atoms with van der Waals surface area (Å²) >= 11 is 0. The van der Waals surface area contributed by atoms with Crippen LogP contribution in [0.4, 0.5) is 5.69 Å². The number of amides is 1. The maximum Gasteiger partial charge on any atom is 0.274 e. The monoisotopic (exact) mass is 487 g/mol. The number of anilines is 1. The minimum absolute atomic E-state index is 0.0531. The quantitative estimate of drug-likeness (QED) is 0.409. The number of benzene rings is 2. The lowest BCUT2D eigenvalue weighted by Gasteiger charge is -2.36. The molecule has 1 amide bonds. The second kappa shape index (κ2) is 9.29. The van der Waals surface area contributed by atoms with Gasteiger partial charge in [-0.25, -0.2) is 0 Å². The van der Waals surface area contributed by atoms with Gasteiger partial charge < -0.3 is 33.1 Å². The normalized spacial score (nSPS) is 14.8. The Kier molecular flexibility index (Phi) is 5.68.